The average Bonchev–Trinajstić information content (AvgIpc) is 2.19. The molecule has 1 aliphatic rings. The Hall–Kier alpha value is -0.870. The van der Waals surface area contributed by atoms with Gasteiger partial charge < -0.3 is 10.2 Å². The number of likely N-dealkylation sites (N-methyl/N-ethyl adjacent to an activating group) is 1. The summed E-state index contributed by atoms with van der Waals surface area (Å²) in [6.07, 6.45) is 1.70. The lowest BCUT2D eigenvalue weighted by Gasteiger charge is -2.37. The van der Waals surface area contributed by atoms with Crippen molar-refractivity contribution in [3.63, 3.8) is 0 Å². The van der Waals surface area contributed by atoms with E-state index in [9.17, 15) is 4.79 Å². The van der Waals surface area contributed by atoms with Crippen LogP contribution in [-0.2, 0) is 4.79 Å². The smallest absolute Gasteiger partial charge is 0.234 e. The van der Waals surface area contributed by atoms with Gasteiger partial charge in [-0.05, 0) is 14.0 Å². The molecule has 1 fully saturated rings. The van der Waals surface area contributed by atoms with E-state index in [1.807, 2.05) is 0 Å². The summed E-state index contributed by atoms with van der Waals surface area (Å²) in [5, 5.41) is 2.80. The van der Waals surface area contributed by atoms with E-state index in [1.54, 1.807) is 6.08 Å². The zero-order valence-corrected chi connectivity index (χ0v) is 9.70. The first-order valence-corrected chi connectivity index (χ1v) is 5.43. The summed E-state index contributed by atoms with van der Waals surface area (Å²) in [4.78, 5) is 16.0. The van der Waals surface area contributed by atoms with Gasteiger partial charge in [0.05, 0.1) is 6.54 Å². The average molecular weight is 211 g/mol. The molecule has 1 rings (SSSR count). The molecule has 0 aromatic heterocycles. The maximum atomic E-state index is 11.5. The molecule has 1 saturated heterocycles. The van der Waals surface area contributed by atoms with Gasteiger partial charge in [0.15, 0.2) is 0 Å². The predicted octanol–water partition coefficient (Wildman–Crippen LogP) is -0.0755. The van der Waals surface area contributed by atoms with Crippen molar-refractivity contribution in [2.45, 2.75) is 13.0 Å². The largest absolute Gasteiger partial charge is 0.352 e. The Kier molecular flexibility index (Phi) is 4.78. The molecule has 0 aliphatic carbocycles. The summed E-state index contributed by atoms with van der Waals surface area (Å²) < 4.78 is 0. The molecule has 1 aliphatic heterocycles. The topological polar surface area (TPSA) is 35.6 Å². The Balaban J connectivity index is 2.31. The summed E-state index contributed by atoms with van der Waals surface area (Å²) in [6, 6.07) is 0.457. The second-order valence-corrected chi connectivity index (χ2v) is 4.17. The normalized spacial score (nSPS) is 23.7. The van der Waals surface area contributed by atoms with Crippen LogP contribution in [0.4, 0.5) is 0 Å². The molecule has 0 radical (unpaired) electrons. The van der Waals surface area contributed by atoms with Crippen molar-refractivity contribution in [1.82, 2.24) is 15.1 Å². The highest BCUT2D eigenvalue weighted by molar-refractivity contribution is 5.78. The fraction of sp³-hybridized carbons (Fsp3) is 0.727. The Bertz CT molecular complexity index is 230. The van der Waals surface area contributed by atoms with Gasteiger partial charge in [0, 0.05) is 32.2 Å². The molecule has 15 heavy (non-hydrogen) atoms. The summed E-state index contributed by atoms with van der Waals surface area (Å²) >= 11 is 0. The monoisotopic (exact) mass is 211 g/mol. The third-order valence-electron chi connectivity index (χ3n) is 2.76. The van der Waals surface area contributed by atoms with Crippen LogP contribution in [0.1, 0.15) is 6.92 Å². The van der Waals surface area contributed by atoms with Crippen molar-refractivity contribution >= 4 is 5.91 Å². The standard InChI is InChI=1S/C11H21N3O/c1-4-5-12-11(15)9-14-7-6-13(3)8-10(14)2/h4,10H,1,5-9H2,2-3H3,(H,12,15)/t10-/m1/s1. The number of hydrogen-bond acceptors (Lipinski definition) is 3. The zero-order valence-electron chi connectivity index (χ0n) is 9.70. The van der Waals surface area contributed by atoms with Crippen molar-refractivity contribution in [2.75, 3.05) is 39.8 Å². The molecule has 4 nitrogen and oxygen atoms in total. The number of nitrogens with zero attached hydrogens (tertiary/aromatic N) is 2. The number of piperazine rings is 1. The van der Waals surface area contributed by atoms with Gasteiger partial charge >= 0.3 is 0 Å². The van der Waals surface area contributed by atoms with Gasteiger partial charge in [0.25, 0.3) is 0 Å². The van der Waals surface area contributed by atoms with Gasteiger partial charge in [-0.1, -0.05) is 6.08 Å². The third-order valence-corrected chi connectivity index (χ3v) is 2.76. The van der Waals surface area contributed by atoms with Crippen LogP contribution in [0.25, 0.3) is 0 Å². The number of carbonyl (C=O) groups excluding carboxylic acids is 1. The molecule has 0 aromatic rings. The molecule has 1 N–H and O–H groups in total. The SMILES string of the molecule is C=CCNC(=O)CN1CCN(C)C[C@H]1C. The van der Waals surface area contributed by atoms with E-state index in [2.05, 4.69) is 35.7 Å². The fourth-order valence-corrected chi connectivity index (χ4v) is 1.84. The molecular weight excluding hydrogens is 190 g/mol. The van der Waals surface area contributed by atoms with E-state index in [-0.39, 0.29) is 5.91 Å². The second kappa shape index (κ2) is 5.88. The Morgan fingerprint density at radius 3 is 2.93 bits per heavy atom. The van der Waals surface area contributed by atoms with Crippen molar-refractivity contribution < 1.29 is 4.79 Å². The number of nitrogens with one attached hydrogen (secondary N) is 1. The quantitative estimate of drug-likeness (QED) is 0.661. The lowest BCUT2D eigenvalue weighted by molar-refractivity contribution is -0.123. The summed E-state index contributed by atoms with van der Waals surface area (Å²) in [5.41, 5.74) is 0. The first-order valence-electron chi connectivity index (χ1n) is 5.43. The third kappa shape index (κ3) is 4.01. The van der Waals surface area contributed by atoms with Crippen LogP contribution in [0.15, 0.2) is 12.7 Å². The first-order chi connectivity index (χ1) is 7.13. The molecule has 1 amide bonds. The molecule has 0 aromatic carbocycles. The lowest BCUT2D eigenvalue weighted by Crippen LogP contribution is -2.53. The Labute approximate surface area is 91.9 Å². The number of amides is 1. The minimum atomic E-state index is 0.0892. The second-order valence-electron chi connectivity index (χ2n) is 4.17. The van der Waals surface area contributed by atoms with Crippen LogP contribution in [0.3, 0.4) is 0 Å². The van der Waals surface area contributed by atoms with E-state index >= 15 is 0 Å². The van der Waals surface area contributed by atoms with E-state index < -0.39 is 0 Å². The number of rotatable bonds is 4. The number of hydrogen-bond donors (Lipinski definition) is 1. The molecule has 1 atom stereocenters. The molecule has 86 valence electrons. The number of carbonyl (C=O) groups is 1. The maximum Gasteiger partial charge on any atom is 0.234 e. The van der Waals surface area contributed by atoms with Gasteiger partial charge in [-0.2, -0.15) is 0 Å². The van der Waals surface area contributed by atoms with Crippen molar-refractivity contribution in [3.05, 3.63) is 12.7 Å². The maximum absolute atomic E-state index is 11.5. The highest BCUT2D eigenvalue weighted by Gasteiger charge is 2.22. The molecule has 4 heteroatoms. The van der Waals surface area contributed by atoms with E-state index in [4.69, 9.17) is 0 Å². The van der Waals surface area contributed by atoms with Gasteiger partial charge in [0.2, 0.25) is 5.91 Å². The lowest BCUT2D eigenvalue weighted by atomic mass is 10.2. The van der Waals surface area contributed by atoms with Crippen molar-refractivity contribution in [3.8, 4) is 0 Å². The molecule has 0 bridgehead atoms. The fourth-order valence-electron chi connectivity index (χ4n) is 1.84. The van der Waals surface area contributed by atoms with Gasteiger partial charge in [-0.25, -0.2) is 0 Å². The molecule has 0 saturated carbocycles. The Morgan fingerprint density at radius 2 is 2.33 bits per heavy atom. The first kappa shape index (κ1) is 12.2. The molecular formula is C11H21N3O. The summed E-state index contributed by atoms with van der Waals surface area (Å²) in [7, 11) is 2.12. The molecule has 1 heterocycles. The van der Waals surface area contributed by atoms with Crippen LogP contribution < -0.4 is 5.32 Å². The molecule has 0 spiro atoms. The Morgan fingerprint density at radius 1 is 1.60 bits per heavy atom. The van der Waals surface area contributed by atoms with E-state index in [0.717, 1.165) is 19.6 Å². The minimum Gasteiger partial charge on any atom is -0.352 e. The van der Waals surface area contributed by atoms with Crippen LogP contribution in [0, 0.1) is 0 Å². The van der Waals surface area contributed by atoms with Gasteiger partial charge in [-0.15, -0.1) is 6.58 Å². The van der Waals surface area contributed by atoms with E-state index in [1.165, 1.54) is 0 Å². The zero-order chi connectivity index (χ0) is 11.3. The highest BCUT2D eigenvalue weighted by Crippen LogP contribution is 2.06. The predicted molar refractivity (Wildman–Crippen MR) is 61.7 cm³/mol. The molecule has 0 unspecified atom stereocenters. The summed E-state index contributed by atoms with van der Waals surface area (Å²) in [6.45, 7) is 9.84. The van der Waals surface area contributed by atoms with Gasteiger partial charge in [-0.3, -0.25) is 9.69 Å². The van der Waals surface area contributed by atoms with Crippen LogP contribution >= 0.6 is 0 Å². The minimum absolute atomic E-state index is 0.0892. The van der Waals surface area contributed by atoms with Gasteiger partial charge in [0.1, 0.15) is 0 Å². The van der Waals surface area contributed by atoms with Crippen molar-refractivity contribution in [1.29, 1.82) is 0 Å². The van der Waals surface area contributed by atoms with Crippen LogP contribution in [-0.4, -0.2) is 61.5 Å². The van der Waals surface area contributed by atoms with Crippen LogP contribution in [0.5, 0.6) is 0 Å². The van der Waals surface area contributed by atoms with E-state index in [0.29, 0.717) is 19.1 Å². The van der Waals surface area contributed by atoms with Crippen molar-refractivity contribution in [2.24, 2.45) is 0 Å². The van der Waals surface area contributed by atoms with Crippen LogP contribution in [0.2, 0.25) is 0 Å². The highest BCUT2D eigenvalue weighted by atomic mass is 16.2. The summed E-state index contributed by atoms with van der Waals surface area (Å²) in [5.74, 6) is 0.0892.